The number of nitrogens with zero attached hydrogens (tertiary/aromatic N) is 1. The van der Waals surface area contributed by atoms with E-state index in [9.17, 15) is 9.59 Å². The van der Waals surface area contributed by atoms with Crippen LogP contribution in [-0.2, 0) is 9.59 Å². The fourth-order valence-electron chi connectivity index (χ4n) is 3.37. The van der Waals surface area contributed by atoms with E-state index in [1.54, 1.807) is 61.7 Å². The number of ether oxygens (including phenoxy) is 2. The molecule has 0 fully saturated rings. The topological polar surface area (TPSA) is 67.9 Å². The molecule has 0 aliphatic carbocycles. The number of rotatable bonds is 6. The van der Waals surface area contributed by atoms with Gasteiger partial charge in [-0.1, -0.05) is 41.9 Å². The van der Waals surface area contributed by atoms with E-state index in [1.165, 1.54) is 7.11 Å². The predicted molar refractivity (Wildman–Crippen MR) is 120 cm³/mol. The molecular formula is C24H19ClN2O4. The summed E-state index contributed by atoms with van der Waals surface area (Å²) in [6.45, 7) is 0. The Kier molecular flexibility index (Phi) is 5.64. The van der Waals surface area contributed by atoms with Crippen molar-refractivity contribution < 1.29 is 19.1 Å². The molecule has 31 heavy (non-hydrogen) atoms. The molecule has 0 saturated heterocycles. The third kappa shape index (κ3) is 3.85. The largest absolute Gasteiger partial charge is 0.497 e. The second kappa shape index (κ2) is 8.53. The molecule has 1 N–H and O–H groups in total. The van der Waals surface area contributed by atoms with E-state index in [1.807, 2.05) is 18.2 Å². The first-order valence-corrected chi connectivity index (χ1v) is 9.84. The first kappa shape index (κ1) is 20.5. The van der Waals surface area contributed by atoms with Crippen molar-refractivity contribution in [3.8, 4) is 11.5 Å². The molecule has 7 heteroatoms. The second-order valence-electron chi connectivity index (χ2n) is 6.73. The molecule has 1 aliphatic rings. The molecule has 0 spiro atoms. The zero-order valence-corrected chi connectivity index (χ0v) is 17.6. The number of benzene rings is 3. The molecule has 0 radical (unpaired) electrons. The highest BCUT2D eigenvalue weighted by atomic mass is 35.5. The maximum atomic E-state index is 13.4. The molecule has 0 bridgehead atoms. The quantitative estimate of drug-likeness (QED) is 0.567. The first-order valence-electron chi connectivity index (χ1n) is 9.46. The summed E-state index contributed by atoms with van der Waals surface area (Å²) in [6, 6.07) is 20.9. The summed E-state index contributed by atoms with van der Waals surface area (Å²) in [5, 5.41) is 3.47. The number of hydrogen-bond acceptors (Lipinski definition) is 5. The van der Waals surface area contributed by atoms with Gasteiger partial charge >= 0.3 is 0 Å². The molecule has 2 amide bonds. The lowest BCUT2D eigenvalue weighted by Crippen LogP contribution is -2.32. The second-order valence-corrected chi connectivity index (χ2v) is 7.14. The molecule has 6 nitrogen and oxygen atoms in total. The number of anilines is 2. The highest BCUT2D eigenvalue weighted by Crippen LogP contribution is 2.35. The van der Waals surface area contributed by atoms with Gasteiger partial charge in [0.05, 0.1) is 30.5 Å². The van der Waals surface area contributed by atoms with Crippen molar-refractivity contribution in [3.05, 3.63) is 89.1 Å². The molecule has 1 heterocycles. The molecule has 3 aromatic rings. The lowest BCUT2D eigenvalue weighted by atomic mass is 10.0. The van der Waals surface area contributed by atoms with Crippen LogP contribution in [0.25, 0.3) is 5.57 Å². The van der Waals surface area contributed by atoms with Gasteiger partial charge in [-0.2, -0.15) is 0 Å². The SMILES string of the molecule is COc1ccc(N2C(=O)C(Nc3ccc(OC)c(Cl)c3)=C(c3ccccc3)C2=O)cc1. The van der Waals surface area contributed by atoms with Gasteiger partial charge in [0.2, 0.25) is 0 Å². The minimum atomic E-state index is -0.457. The number of imide groups is 1. The van der Waals surface area contributed by atoms with E-state index in [4.69, 9.17) is 21.1 Å². The molecule has 156 valence electrons. The average molecular weight is 435 g/mol. The normalized spacial score (nSPS) is 13.6. The maximum Gasteiger partial charge on any atom is 0.282 e. The molecule has 4 rings (SSSR count). The van der Waals surface area contributed by atoms with Crippen LogP contribution in [0.5, 0.6) is 11.5 Å². The number of methoxy groups -OCH3 is 2. The number of hydrogen-bond donors (Lipinski definition) is 1. The number of amides is 2. The number of carbonyl (C=O) groups is 2. The highest BCUT2D eigenvalue weighted by Gasteiger charge is 2.40. The predicted octanol–water partition coefficient (Wildman–Crippen LogP) is 4.75. The van der Waals surface area contributed by atoms with E-state index < -0.39 is 11.8 Å². The van der Waals surface area contributed by atoms with Crippen LogP contribution in [0.1, 0.15) is 5.56 Å². The third-order valence-corrected chi connectivity index (χ3v) is 5.19. The molecule has 0 saturated carbocycles. The maximum absolute atomic E-state index is 13.4. The summed E-state index contributed by atoms with van der Waals surface area (Å²) in [4.78, 5) is 27.9. The van der Waals surface area contributed by atoms with Gasteiger partial charge in [-0.3, -0.25) is 9.59 Å². The molecule has 1 aliphatic heterocycles. The van der Waals surface area contributed by atoms with Crippen molar-refractivity contribution in [2.75, 3.05) is 24.4 Å². The summed E-state index contributed by atoms with van der Waals surface area (Å²) in [5.74, 6) is 0.271. The Morgan fingerprint density at radius 1 is 0.839 bits per heavy atom. The molecular weight excluding hydrogens is 416 g/mol. The summed E-state index contributed by atoms with van der Waals surface area (Å²) in [6.07, 6.45) is 0. The Balaban J connectivity index is 1.77. The average Bonchev–Trinajstić information content (AvgIpc) is 3.04. The molecule has 0 aromatic heterocycles. The summed E-state index contributed by atoms with van der Waals surface area (Å²) in [7, 11) is 3.08. The van der Waals surface area contributed by atoms with Crippen LogP contribution in [0.15, 0.2) is 78.5 Å². The van der Waals surface area contributed by atoms with Gasteiger partial charge in [-0.15, -0.1) is 0 Å². The Morgan fingerprint density at radius 2 is 1.55 bits per heavy atom. The minimum absolute atomic E-state index is 0.174. The van der Waals surface area contributed by atoms with E-state index in [0.717, 1.165) is 4.90 Å². The van der Waals surface area contributed by atoms with E-state index >= 15 is 0 Å². The van der Waals surface area contributed by atoms with Crippen LogP contribution in [0.2, 0.25) is 5.02 Å². The Labute approximate surface area is 184 Å². The van der Waals surface area contributed by atoms with Crippen molar-refractivity contribution in [2.45, 2.75) is 0 Å². The monoisotopic (exact) mass is 434 g/mol. The molecule has 3 aromatic carbocycles. The van der Waals surface area contributed by atoms with Crippen LogP contribution < -0.4 is 19.7 Å². The van der Waals surface area contributed by atoms with Gasteiger partial charge < -0.3 is 14.8 Å². The van der Waals surface area contributed by atoms with E-state index in [-0.39, 0.29) is 11.3 Å². The van der Waals surface area contributed by atoms with Crippen LogP contribution in [0, 0.1) is 0 Å². The standard InChI is InChI=1S/C24H19ClN2O4/c1-30-18-11-9-17(10-12-18)27-23(28)21(15-6-4-3-5-7-15)22(24(27)29)26-16-8-13-20(31-2)19(25)14-16/h3-14,26H,1-2H3. The fraction of sp³-hybridized carbons (Fsp3) is 0.0833. The number of halogens is 1. The van der Waals surface area contributed by atoms with Gasteiger partial charge in [0.1, 0.15) is 17.2 Å². The van der Waals surface area contributed by atoms with Crippen molar-refractivity contribution in [1.29, 1.82) is 0 Å². The van der Waals surface area contributed by atoms with Gasteiger partial charge in [0, 0.05) is 5.69 Å². The summed E-state index contributed by atoms with van der Waals surface area (Å²) < 4.78 is 10.4. The smallest absolute Gasteiger partial charge is 0.282 e. The summed E-state index contributed by atoms with van der Waals surface area (Å²) >= 11 is 6.23. The van der Waals surface area contributed by atoms with Gasteiger partial charge in [-0.05, 0) is 48.0 Å². The van der Waals surface area contributed by atoms with Gasteiger partial charge in [0.25, 0.3) is 11.8 Å². The minimum Gasteiger partial charge on any atom is -0.497 e. The van der Waals surface area contributed by atoms with Gasteiger partial charge in [-0.25, -0.2) is 4.90 Å². The Bertz CT molecular complexity index is 1170. The van der Waals surface area contributed by atoms with Gasteiger partial charge in [0.15, 0.2) is 0 Å². The van der Waals surface area contributed by atoms with Crippen LogP contribution in [0.4, 0.5) is 11.4 Å². The van der Waals surface area contributed by atoms with E-state index in [2.05, 4.69) is 5.32 Å². The molecule has 0 atom stereocenters. The first-order chi connectivity index (χ1) is 15.0. The highest BCUT2D eigenvalue weighted by molar-refractivity contribution is 6.46. The molecule has 0 unspecified atom stereocenters. The van der Waals surface area contributed by atoms with Crippen molar-refractivity contribution >= 4 is 40.4 Å². The van der Waals surface area contributed by atoms with Crippen LogP contribution >= 0.6 is 11.6 Å². The van der Waals surface area contributed by atoms with Crippen molar-refractivity contribution in [1.82, 2.24) is 0 Å². The Morgan fingerprint density at radius 3 is 2.16 bits per heavy atom. The van der Waals surface area contributed by atoms with E-state index in [0.29, 0.717) is 33.5 Å². The van der Waals surface area contributed by atoms with Crippen LogP contribution in [0.3, 0.4) is 0 Å². The Hall–Kier alpha value is -3.77. The fourth-order valence-corrected chi connectivity index (χ4v) is 3.63. The lowest BCUT2D eigenvalue weighted by molar-refractivity contribution is -0.120. The zero-order chi connectivity index (χ0) is 22.0. The van der Waals surface area contributed by atoms with Crippen LogP contribution in [-0.4, -0.2) is 26.0 Å². The van der Waals surface area contributed by atoms with Crippen molar-refractivity contribution in [3.63, 3.8) is 0 Å². The third-order valence-electron chi connectivity index (χ3n) is 4.90. The number of carbonyl (C=O) groups excluding carboxylic acids is 2. The zero-order valence-electron chi connectivity index (χ0n) is 16.9. The summed E-state index contributed by atoms with van der Waals surface area (Å²) in [5.41, 5.74) is 2.11. The van der Waals surface area contributed by atoms with Crippen molar-refractivity contribution in [2.24, 2.45) is 0 Å². The number of nitrogens with one attached hydrogen (secondary N) is 1. The lowest BCUT2D eigenvalue weighted by Gasteiger charge is -2.16.